The predicted molar refractivity (Wildman–Crippen MR) is 134 cm³/mol. The summed E-state index contributed by atoms with van der Waals surface area (Å²) in [7, 11) is 0. The van der Waals surface area contributed by atoms with Gasteiger partial charge in [-0.2, -0.15) is 12.6 Å². The van der Waals surface area contributed by atoms with Crippen LogP contribution < -0.4 is 0 Å². The van der Waals surface area contributed by atoms with E-state index < -0.39 is 0 Å². The van der Waals surface area contributed by atoms with E-state index in [1.807, 2.05) is 6.07 Å². The third kappa shape index (κ3) is 10.8. The van der Waals surface area contributed by atoms with Gasteiger partial charge >= 0.3 is 0 Å². The first-order valence-corrected chi connectivity index (χ1v) is 12.9. The summed E-state index contributed by atoms with van der Waals surface area (Å²) in [6.07, 6.45) is 17.6. The third-order valence-corrected chi connectivity index (χ3v) is 6.53. The summed E-state index contributed by atoms with van der Waals surface area (Å²) >= 11 is 4.52. The Labute approximate surface area is 187 Å². The molecule has 168 valence electrons. The maximum absolute atomic E-state index is 10.4. The third-order valence-electron chi connectivity index (χ3n) is 6.27. The summed E-state index contributed by atoms with van der Waals surface area (Å²) in [5.74, 6) is 2.11. The van der Waals surface area contributed by atoms with Gasteiger partial charge in [0.15, 0.2) is 0 Å². The Balaban J connectivity index is 2.44. The van der Waals surface area contributed by atoms with Crippen molar-refractivity contribution in [2.75, 3.05) is 5.75 Å². The van der Waals surface area contributed by atoms with Gasteiger partial charge < -0.3 is 5.11 Å². The molecule has 1 atom stereocenters. The number of unbranched alkanes of at least 4 members (excludes halogenated alkanes) is 9. The quantitative estimate of drug-likeness (QED) is 0.214. The fraction of sp³-hybridized carbons (Fsp3) is 0.778. The number of thiol groups is 1. The Morgan fingerprint density at radius 1 is 0.862 bits per heavy atom. The van der Waals surface area contributed by atoms with E-state index in [0.29, 0.717) is 11.7 Å². The topological polar surface area (TPSA) is 20.2 Å². The molecule has 0 radical (unpaired) electrons. The second-order valence-electron chi connectivity index (χ2n) is 10.1. The van der Waals surface area contributed by atoms with E-state index in [0.717, 1.165) is 17.7 Å². The summed E-state index contributed by atoms with van der Waals surface area (Å²) in [4.78, 5) is 0. The monoisotopic (exact) mass is 420 g/mol. The van der Waals surface area contributed by atoms with Gasteiger partial charge in [-0.05, 0) is 59.6 Å². The fourth-order valence-corrected chi connectivity index (χ4v) is 4.69. The molecule has 0 amide bonds. The first-order valence-electron chi connectivity index (χ1n) is 12.2. The molecule has 1 aromatic rings. The largest absolute Gasteiger partial charge is 0.508 e. The zero-order valence-corrected chi connectivity index (χ0v) is 20.9. The molecule has 0 aromatic heterocycles. The molecule has 1 nitrogen and oxygen atoms in total. The van der Waals surface area contributed by atoms with E-state index in [1.54, 1.807) is 0 Å². The van der Waals surface area contributed by atoms with Crippen molar-refractivity contribution >= 4 is 12.6 Å². The molecule has 1 aromatic carbocycles. The van der Waals surface area contributed by atoms with E-state index >= 15 is 0 Å². The molecule has 1 unspecified atom stereocenters. The zero-order valence-electron chi connectivity index (χ0n) is 20.0. The molecular formula is C27H48OS. The van der Waals surface area contributed by atoms with Gasteiger partial charge in [-0.1, -0.05) is 104 Å². The van der Waals surface area contributed by atoms with E-state index in [-0.39, 0.29) is 5.41 Å². The van der Waals surface area contributed by atoms with Gasteiger partial charge in [0.05, 0.1) is 0 Å². The molecule has 0 heterocycles. The lowest BCUT2D eigenvalue weighted by Gasteiger charge is -2.24. The Morgan fingerprint density at radius 2 is 1.41 bits per heavy atom. The number of hydrogen-bond donors (Lipinski definition) is 2. The number of aromatic hydroxyl groups is 1. The Morgan fingerprint density at radius 3 is 1.93 bits per heavy atom. The average Bonchev–Trinajstić information content (AvgIpc) is 2.64. The first kappa shape index (κ1) is 26.4. The molecule has 1 rings (SSSR count). The van der Waals surface area contributed by atoms with Crippen molar-refractivity contribution in [1.29, 1.82) is 0 Å². The number of hydrogen-bond acceptors (Lipinski definition) is 2. The van der Waals surface area contributed by atoms with E-state index in [2.05, 4.69) is 53.3 Å². The smallest absolute Gasteiger partial charge is 0.119 e. The standard InChI is InChI=1S/C27H48OS/c1-6-7-8-9-10-11-12-13-14-15-16-23(17-18-29)20-24-21-25(27(3,4)5)26(28)19-22(24)2/h19,21,23,28-29H,6-18,20H2,1-5H3. The Hall–Kier alpha value is -0.630. The van der Waals surface area contributed by atoms with Gasteiger partial charge in [0, 0.05) is 0 Å². The minimum absolute atomic E-state index is 0.0257. The van der Waals surface area contributed by atoms with Gasteiger partial charge in [-0.3, -0.25) is 0 Å². The summed E-state index contributed by atoms with van der Waals surface area (Å²) in [5, 5.41) is 10.4. The van der Waals surface area contributed by atoms with Crippen LogP contribution in [0.3, 0.4) is 0 Å². The average molecular weight is 421 g/mol. The Kier molecular flexibility index (Phi) is 13.1. The maximum atomic E-state index is 10.4. The molecule has 0 saturated heterocycles. The highest BCUT2D eigenvalue weighted by atomic mass is 32.1. The normalized spacial score (nSPS) is 13.0. The minimum Gasteiger partial charge on any atom is -0.508 e. The van der Waals surface area contributed by atoms with Crippen molar-refractivity contribution in [3.8, 4) is 5.75 Å². The number of aryl methyl sites for hydroxylation is 1. The highest BCUT2D eigenvalue weighted by Gasteiger charge is 2.20. The second-order valence-corrected chi connectivity index (χ2v) is 10.5. The maximum Gasteiger partial charge on any atom is 0.119 e. The zero-order chi connectivity index (χ0) is 21.7. The molecule has 0 aliphatic carbocycles. The van der Waals surface area contributed by atoms with Crippen LogP contribution in [0.15, 0.2) is 12.1 Å². The van der Waals surface area contributed by atoms with Crippen molar-refractivity contribution in [3.05, 3.63) is 28.8 Å². The van der Waals surface area contributed by atoms with Crippen LogP contribution in [0.2, 0.25) is 0 Å². The molecule has 0 saturated carbocycles. The van der Waals surface area contributed by atoms with E-state index in [9.17, 15) is 5.11 Å². The second kappa shape index (κ2) is 14.4. The number of phenols is 1. The minimum atomic E-state index is -0.0257. The van der Waals surface area contributed by atoms with Crippen LogP contribution in [-0.4, -0.2) is 10.9 Å². The van der Waals surface area contributed by atoms with Crippen molar-refractivity contribution in [1.82, 2.24) is 0 Å². The predicted octanol–water partition coefficient (Wildman–Crippen LogP) is 8.79. The molecule has 0 fully saturated rings. The van der Waals surface area contributed by atoms with E-state index in [4.69, 9.17) is 0 Å². The lowest BCUT2D eigenvalue weighted by Crippen LogP contribution is -2.14. The highest BCUT2D eigenvalue weighted by Crippen LogP contribution is 2.34. The lowest BCUT2D eigenvalue weighted by molar-refractivity contribution is 0.431. The van der Waals surface area contributed by atoms with Gasteiger partial charge in [0.1, 0.15) is 5.75 Å². The van der Waals surface area contributed by atoms with Gasteiger partial charge in [-0.15, -0.1) is 0 Å². The van der Waals surface area contributed by atoms with Crippen molar-refractivity contribution in [2.24, 2.45) is 5.92 Å². The molecule has 1 N–H and O–H groups in total. The SMILES string of the molecule is CCCCCCCCCCCCC(CCS)Cc1cc(C(C)(C)C)c(O)cc1C. The molecule has 29 heavy (non-hydrogen) atoms. The molecule has 0 aliphatic heterocycles. The summed E-state index contributed by atoms with van der Waals surface area (Å²) in [6.45, 7) is 11.0. The molecule has 2 heteroatoms. The van der Waals surface area contributed by atoms with Crippen molar-refractivity contribution in [3.63, 3.8) is 0 Å². The molecular weight excluding hydrogens is 372 g/mol. The number of phenolic OH excluding ortho intramolecular Hbond substituents is 1. The van der Waals surface area contributed by atoms with Gasteiger partial charge in [0.2, 0.25) is 0 Å². The lowest BCUT2D eigenvalue weighted by atomic mass is 9.82. The van der Waals surface area contributed by atoms with Crippen LogP contribution in [0.5, 0.6) is 5.75 Å². The summed E-state index contributed by atoms with van der Waals surface area (Å²) < 4.78 is 0. The number of benzene rings is 1. The first-order chi connectivity index (χ1) is 13.8. The molecule has 0 aliphatic rings. The van der Waals surface area contributed by atoms with Crippen molar-refractivity contribution < 1.29 is 5.11 Å². The van der Waals surface area contributed by atoms with Crippen LogP contribution in [0, 0.1) is 12.8 Å². The van der Waals surface area contributed by atoms with Gasteiger partial charge in [0.25, 0.3) is 0 Å². The molecule has 0 spiro atoms. The summed E-state index contributed by atoms with van der Waals surface area (Å²) in [6, 6.07) is 4.23. The highest BCUT2D eigenvalue weighted by molar-refractivity contribution is 7.80. The van der Waals surface area contributed by atoms with Crippen LogP contribution in [-0.2, 0) is 11.8 Å². The van der Waals surface area contributed by atoms with Crippen molar-refractivity contribution in [2.45, 2.75) is 124 Å². The summed E-state index contributed by atoms with van der Waals surface area (Å²) in [5.41, 5.74) is 3.68. The van der Waals surface area contributed by atoms with Crippen LogP contribution in [0.25, 0.3) is 0 Å². The van der Waals surface area contributed by atoms with Crippen LogP contribution in [0.1, 0.15) is 121 Å². The Bertz CT molecular complexity index is 558. The van der Waals surface area contributed by atoms with Crippen LogP contribution in [0.4, 0.5) is 0 Å². The molecule has 0 bridgehead atoms. The van der Waals surface area contributed by atoms with Gasteiger partial charge in [-0.25, -0.2) is 0 Å². The van der Waals surface area contributed by atoms with Crippen LogP contribution >= 0.6 is 12.6 Å². The number of rotatable bonds is 15. The fourth-order valence-electron chi connectivity index (χ4n) is 4.32. The van der Waals surface area contributed by atoms with E-state index in [1.165, 1.54) is 88.2 Å².